The normalized spacial score (nSPS) is 27.3. The standard InChI is InChI=1S/C46H42N2/c1-30-14-13-19-39-42(30)44(38-18-8-7-17-37(38)43(39)34-23-22-32-15-5-6-16-33(32)29-34)36-25-24-35(28-31(36)2)48-41-21-10-9-20-40(41)47-45(48)46(3)26-11-4-12-27-46/h4-21,24-26,28-31,36,42H,22-23,27H2,1-3H3. The first-order valence-electron chi connectivity index (χ1n) is 17.7. The van der Waals surface area contributed by atoms with Crippen molar-refractivity contribution >= 4 is 34.0 Å². The number of nitrogens with zero attached hydrogens (tertiary/aromatic N) is 2. The number of fused-ring (bicyclic) bond motifs is 4. The van der Waals surface area contributed by atoms with Crippen LogP contribution in [0.4, 0.5) is 0 Å². The van der Waals surface area contributed by atoms with E-state index in [9.17, 15) is 0 Å². The first kappa shape index (κ1) is 29.2. The largest absolute Gasteiger partial charge is 0.296 e. The topological polar surface area (TPSA) is 17.8 Å². The van der Waals surface area contributed by atoms with E-state index in [1.165, 1.54) is 49.5 Å². The van der Waals surface area contributed by atoms with Crippen molar-refractivity contribution in [3.8, 4) is 0 Å². The van der Waals surface area contributed by atoms with Crippen molar-refractivity contribution in [2.75, 3.05) is 0 Å². The van der Waals surface area contributed by atoms with Gasteiger partial charge in [-0.05, 0) is 100 Å². The Morgan fingerprint density at radius 1 is 0.812 bits per heavy atom. The Labute approximate surface area is 283 Å². The molecule has 5 aliphatic rings. The van der Waals surface area contributed by atoms with E-state index in [1.54, 1.807) is 5.57 Å². The number of allylic oxidation sites excluding steroid dienone is 13. The Balaban J connectivity index is 1.21. The highest BCUT2D eigenvalue weighted by atomic mass is 15.1. The molecule has 5 unspecified atom stereocenters. The number of aryl methyl sites for hydroxylation is 1. The molecule has 2 heteroatoms. The summed E-state index contributed by atoms with van der Waals surface area (Å²) in [6.07, 6.45) is 29.0. The van der Waals surface area contributed by atoms with Crippen LogP contribution in [-0.4, -0.2) is 9.55 Å². The number of hydrogen-bond donors (Lipinski definition) is 0. The van der Waals surface area contributed by atoms with Crippen LogP contribution in [0.5, 0.6) is 0 Å². The van der Waals surface area contributed by atoms with Gasteiger partial charge >= 0.3 is 0 Å². The van der Waals surface area contributed by atoms with Crippen molar-refractivity contribution in [3.63, 3.8) is 0 Å². The molecule has 2 nitrogen and oxygen atoms in total. The molecule has 236 valence electrons. The summed E-state index contributed by atoms with van der Waals surface area (Å²) < 4.78 is 2.43. The smallest absolute Gasteiger partial charge is 0.124 e. The van der Waals surface area contributed by atoms with E-state index in [0.29, 0.717) is 23.7 Å². The molecule has 9 rings (SSSR count). The van der Waals surface area contributed by atoms with Crippen molar-refractivity contribution in [1.29, 1.82) is 0 Å². The molecule has 3 aromatic carbocycles. The molecule has 0 bridgehead atoms. The van der Waals surface area contributed by atoms with E-state index in [-0.39, 0.29) is 5.41 Å². The lowest BCUT2D eigenvalue weighted by Gasteiger charge is -2.40. The molecule has 48 heavy (non-hydrogen) atoms. The number of rotatable bonds is 4. The van der Waals surface area contributed by atoms with E-state index in [2.05, 4.69) is 165 Å². The van der Waals surface area contributed by atoms with Crippen LogP contribution in [0.25, 0.3) is 34.0 Å². The summed E-state index contributed by atoms with van der Waals surface area (Å²) in [5, 5.41) is 2.82. The van der Waals surface area contributed by atoms with E-state index in [0.717, 1.165) is 30.6 Å². The van der Waals surface area contributed by atoms with Gasteiger partial charge in [-0.3, -0.25) is 4.57 Å². The van der Waals surface area contributed by atoms with Gasteiger partial charge in [0.25, 0.3) is 0 Å². The fraction of sp³-hybridized carbons (Fsp3) is 0.239. The van der Waals surface area contributed by atoms with Gasteiger partial charge in [-0.1, -0.05) is 135 Å². The fourth-order valence-electron chi connectivity index (χ4n) is 9.08. The molecule has 1 aromatic heterocycles. The lowest BCUT2D eigenvalue weighted by atomic mass is 9.64. The molecule has 0 saturated carbocycles. The molecule has 0 saturated heterocycles. The second-order valence-electron chi connectivity index (χ2n) is 14.6. The maximum absolute atomic E-state index is 5.25. The van der Waals surface area contributed by atoms with Crippen molar-refractivity contribution < 1.29 is 0 Å². The van der Waals surface area contributed by atoms with Crippen LogP contribution < -0.4 is 10.4 Å². The third-order valence-electron chi connectivity index (χ3n) is 11.5. The van der Waals surface area contributed by atoms with Crippen LogP contribution in [0.15, 0.2) is 145 Å². The predicted molar refractivity (Wildman–Crippen MR) is 201 cm³/mol. The minimum atomic E-state index is -0.163. The van der Waals surface area contributed by atoms with Gasteiger partial charge < -0.3 is 0 Å². The van der Waals surface area contributed by atoms with Crippen LogP contribution in [0.2, 0.25) is 0 Å². The molecule has 0 N–H and O–H groups in total. The summed E-state index contributed by atoms with van der Waals surface area (Å²) in [5.41, 5.74) is 12.1. The highest BCUT2D eigenvalue weighted by molar-refractivity contribution is 5.91. The van der Waals surface area contributed by atoms with Gasteiger partial charge in [0.2, 0.25) is 0 Å². The summed E-state index contributed by atoms with van der Waals surface area (Å²) in [6.45, 7) is 7.15. The lowest BCUT2D eigenvalue weighted by Crippen LogP contribution is -2.42. The summed E-state index contributed by atoms with van der Waals surface area (Å²) in [4.78, 5) is 5.25. The molecule has 5 aliphatic carbocycles. The maximum Gasteiger partial charge on any atom is 0.124 e. The molecule has 0 fully saturated rings. The molecular formula is C46H42N2. The van der Waals surface area contributed by atoms with E-state index < -0.39 is 0 Å². The van der Waals surface area contributed by atoms with Gasteiger partial charge in [-0.25, -0.2) is 4.98 Å². The summed E-state index contributed by atoms with van der Waals surface area (Å²) in [6, 6.07) is 26.8. The minimum Gasteiger partial charge on any atom is -0.296 e. The Bertz CT molecular complexity index is 2330. The second-order valence-corrected chi connectivity index (χ2v) is 14.6. The van der Waals surface area contributed by atoms with Crippen molar-refractivity contribution in [3.05, 3.63) is 172 Å². The quantitative estimate of drug-likeness (QED) is 0.222. The van der Waals surface area contributed by atoms with Gasteiger partial charge in [-0.15, -0.1) is 0 Å². The fourth-order valence-corrected chi connectivity index (χ4v) is 9.08. The number of aromatic nitrogens is 2. The lowest BCUT2D eigenvalue weighted by molar-refractivity contribution is 0.517. The zero-order chi connectivity index (χ0) is 32.4. The monoisotopic (exact) mass is 622 g/mol. The van der Waals surface area contributed by atoms with Crippen LogP contribution in [0, 0.1) is 23.7 Å². The third kappa shape index (κ3) is 4.57. The number of imidazole rings is 1. The van der Waals surface area contributed by atoms with Gasteiger partial charge in [0.05, 0.1) is 11.0 Å². The third-order valence-corrected chi connectivity index (χ3v) is 11.5. The van der Waals surface area contributed by atoms with Crippen LogP contribution in [0.3, 0.4) is 0 Å². The Hall–Kier alpha value is -4.95. The van der Waals surface area contributed by atoms with Crippen molar-refractivity contribution in [2.45, 2.75) is 45.4 Å². The molecule has 1 heterocycles. The highest BCUT2D eigenvalue weighted by Gasteiger charge is 2.38. The van der Waals surface area contributed by atoms with Crippen LogP contribution in [-0.2, 0) is 11.8 Å². The molecule has 4 aromatic rings. The summed E-state index contributed by atoms with van der Waals surface area (Å²) in [7, 11) is 0. The van der Waals surface area contributed by atoms with E-state index in [4.69, 9.17) is 4.98 Å². The molecular weight excluding hydrogens is 581 g/mol. The molecule has 0 aliphatic heterocycles. The zero-order valence-corrected chi connectivity index (χ0v) is 28.1. The minimum absolute atomic E-state index is 0.163. The van der Waals surface area contributed by atoms with E-state index >= 15 is 0 Å². The maximum atomic E-state index is 5.25. The molecule has 0 spiro atoms. The van der Waals surface area contributed by atoms with Crippen molar-refractivity contribution in [1.82, 2.24) is 9.55 Å². The molecule has 5 atom stereocenters. The predicted octanol–water partition coefficient (Wildman–Crippen LogP) is 9.27. The summed E-state index contributed by atoms with van der Waals surface area (Å²) in [5.74, 6) is 2.48. The van der Waals surface area contributed by atoms with E-state index in [1.807, 2.05) is 0 Å². The summed E-state index contributed by atoms with van der Waals surface area (Å²) >= 11 is 0. The van der Waals surface area contributed by atoms with Gasteiger partial charge in [0.1, 0.15) is 5.82 Å². The Morgan fingerprint density at radius 2 is 1.62 bits per heavy atom. The van der Waals surface area contributed by atoms with Gasteiger partial charge in [-0.2, -0.15) is 0 Å². The zero-order valence-electron chi connectivity index (χ0n) is 28.1. The van der Waals surface area contributed by atoms with Crippen molar-refractivity contribution in [2.24, 2.45) is 23.7 Å². The Kier molecular flexibility index (Phi) is 6.90. The first-order valence-corrected chi connectivity index (χ1v) is 17.7. The van der Waals surface area contributed by atoms with Gasteiger partial charge in [0.15, 0.2) is 0 Å². The van der Waals surface area contributed by atoms with Crippen LogP contribution >= 0.6 is 0 Å². The number of hydrogen-bond acceptors (Lipinski definition) is 1. The number of benzene rings is 3. The first-order chi connectivity index (χ1) is 23.5. The highest BCUT2D eigenvalue weighted by Crippen LogP contribution is 2.48. The average molecular weight is 623 g/mol. The molecule has 0 radical (unpaired) electrons. The van der Waals surface area contributed by atoms with Gasteiger partial charge in [0, 0.05) is 22.9 Å². The second kappa shape index (κ2) is 11.3. The molecule has 0 amide bonds. The average Bonchev–Trinajstić information content (AvgIpc) is 3.52. The Morgan fingerprint density at radius 3 is 2.48 bits per heavy atom. The number of para-hydroxylation sites is 2. The van der Waals surface area contributed by atoms with Crippen LogP contribution in [0.1, 0.15) is 50.6 Å². The SMILES string of the molecule is CC1C=C(n2c(C3(C)C=CC=CC3)nc3ccccc32)C=CC1C1=c2ccccc2=C(C2=Cc3ccccc3CC2)C2=CC=CC(C)C21.